The third-order valence-corrected chi connectivity index (χ3v) is 2.09. The molecule has 0 saturated carbocycles. The molecule has 0 saturated heterocycles. The van der Waals surface area contributed by atoms with Gasteiger partial charge in [-0.25, -0.2) is 0 Å². The van der Waals surface area contributed by atoms with E-state index >= 15 is 0 Å². The molecular formula is C19H18Pt2. The number of benzene rings is 2. The summed E-state index contributed by atoms with van der Waals surface area (Å²) in [6.45, 7) is 0. The average molecular weight is 637 g/mol. The Balaban J connectivity index is 0. The van der Waals surface area contributed by atoms with E-state index in [1.165, 1.54) is 0 Å². The van der Waals surface area contributed by atoms with Gasteiger partial charge in [-0.3, -0.25) is 0 Å². The third-order valence-electron chi connectivity index (χ3n) is 2.09. The van der Waals surface area contributed by atoms with Gasteiger partial charge in [0.15, 0.2) is 0 Å². The molecule has 0 heterocycles. The maximum absolute atomic E-state index is 2.89. The summed E-state index contributed by atoms with van der Waals surface area (Å²) in [7, 11) is 0. The van der Waals surface area contributed by atoms with E-state index in [1.54, 1.807) is 0 Å². The van der Waals surface area contributed by atoms with Crippen LogP contribution in [0.2, 0.25) is 0 Å². The Hall–Kier alpha value is -0.963. The van der Waals surface area contributed by atoms with Gasteiger partial charge in [0.1, 0.15) is 0 Å². The Morgan fingerprint density at radius 2 is 0.905 bits per heavy atom. The van der Waals surface area contributed by atoms with Gasteiger partial charge < -0.3 is 0 Å². The van der Waals surface area contributed by atoms with Gasteiger partial charge in [0.2, 0.25) is 0 Å². The van der Waals surface area contributed by atoms with E-state index in [0.717, 1.165) is 6.42 Å². The molecule has 3 rings (SSSR count). The van der Waals surface area contributed by atoms with E-state index < -0.39 is 0 Å². The summed E-state index contributed by atoms with van der Waals surface area (Å²) in [5, 5.41) is 0. The maximum Gasteiger partial charge on any atom is 2.00 e. The Labute approximate surface area is 157 Å². The van der Waals surface area contributed by atoms with Crippen molar-refractivity contribution in [1.82, 2.24) is 0 Å². The molecule has 0 atom stereocenters. The Bertz CT molecular complexity index is 375. The van der Waals surface area contributed by atoms with Gasteiger partial charge in [-0.15, -0.1) is 0 Å². The quantitative estimate of drug-likeness (QED) is 0.357. The van der Waals surface area contributed by atoms with Crippen LogP contribution in [0.3, 0.4) is 0 Å². The first-order valence-corrected chi connectivity index (χ1v) is 6.30. The van der Waals surface area contributed by atoms with Crippen LogP contribution in [0.4, 0.5) is 0 Å². The maximum atomic E-state index is 2.89. The zero-order valence-electron chi connectivity index (χ0n) is 11.6. The molecule has 0 aromatic heterocycles. The summed E-state index contributed by atoms with van der Waals surface area (Å²) in [5.74, 6) is 0. The fraction of sp³-hybridized carbons (Fsp3) is 0.0526. The predicted octanol–water partition coefficient (Wildman–Crippen LogP) is 5.03. The van der Waals surface area contributed by atoms with E-state index in [0.29, 0.717) is 0 Å². The molecule has 0 nitrogen and oxygen atoms in total. The van der Waals surface area contributed by atoms with Crippen LogP contribution in [0.1, 0.15) is 6.42 Å². The summed E-state index contributed by atoms with van der Waals surface area (Å²) >= 11 is 0. The van der Waals surface area contributed by atoms with Crippen molar-refractivity contribution in [2.24, 2.45) is 0 Å². The van der Waals surface area contributed by atoms with Crippen molar-refractivity contribution in [3.63, 3.8) is 0 Å². The summed E-state index contributed by atoms with van der Waals surface area (Å²) in [6, 6.07) is 25.0. The molecule has 1 aliphatic rings. The summed E-state index contributed by atoms with van der Waals surface area (Å²) in [4.78, 5) is 0. The smallest absolute Gasteiger partial charge is 0.184 e. The topological polar surface area (TPSA) is 0 Å². The minimum Gasteiger partial charge on any atom is -0.184 e. The molecule has 0 bridgehead atoms. The largest absolute Gasteiger partial charge is 2.00 e. The van der Waals surface area contributed by atoms with Crippen molar-refractivity contribution in [2.75, 3.05) is 0 Å². The molecule has 21 heavy (non-hydrogen) atoms. The molecule has 0 spiro atoms. The first-order valence-electron chi connectivity index (χ1n) is 6.30. The third kappa shape index (κ3) is 17.0. The van der Waals surface area contributed by atoms with E-state index in [2.05, 4.69) is 36.4 Å². The molecule has 0 fully saturated rings. The second kappa shape index (κ2) is 19.0. The average Bonchev–Trinajstić information content (AvgIpc) is 2.85. The van der Waals surface area contributed by atoms with Gasteiger partial charge in [-0.1, -0.05) is 36.5 Å². The van der Waals surface area contributed by atoms with Crippen LogP contribution >= 0.6 is 0 Å². The molecule has 0 N–H and O–H groups in total. The van der Waals surface area contributed by atoms with Crippen molar-refractivity contribution in [1.29, 1.82) is 0 Å². The fourth-order valence-corrected chi connectivity index (χ4v) is 1.20. The minimum atomic E-state index is 0. The fourth-order valence-electron chi connectivity index (χ4n) is 1.20. The van der Waals surface area contributed by atoms with E-state index in [4.69, 9.17) is 0 Å². The molecule has 0 amide bonds. The Morgan fingerprint density at radius 1 is 0.524 bits per heavy atom. The molecule has 2 heteroatoms. The first kappa shape index (κ1) is 22.3. The van der Waals surface area contributed by atoms with Gasteiger partial charge in [-0.2, -0.15) is 72.8 Å². The van der Waals surface area contributed by atoms with Crippen molar-refractivity contribution in [2.45, 2.75) is 6.42 Å². The van der Waals surface area contributed by atoms with Crippen LogP contribution in [0.15, 0.2) is 97.1 Å². The normalized spacial score (nSPS) is 10.3. The van der Waals surface area contributed by atoms with Crippen LogP contribution in [0.25, 0.3) is 0 Å². The zero-order chi connectivity index (χ0) is 13.4. The van der Waals surface area contributed by atoms with Crippen molar-refractivity contribution in [3.8, 4) is 0 Å². The number of hydrogen-bond donors (Lipinski definition) is 0. The van der Waals surface area contributed by atoms with Crippen molar-refractivity contribution < 1.29 is 42.1 Å². The molecule has 114 valence electrons. The van der Waals surface area contributed by atoms with Crippen molar-refractivity contribution >= 4 is 0 Å². The van der Waals surface area contributed by atoms with E-state index in [-0.39, 0.29) is 42.1 Å². The van der Waals surface area contributed by atoms with Crippen LogP contribution < -0.4 is 0 Å². The van der Waals surface area contributed by atoms with Crippen LogP contribution in [-0.2, 0) is 42.1 Å². The molecule has 2 aromatic rings. The molecule has 0 radical (unpaired) electrons. The van der Waals surface area contributed by atoms with Crippen LogP contribution in [0, 0.1) is 12.1 Å². The molecule has 2 aromatic carbocycles. The Morgan fingerprint density at radius 3 is 1.14 bits per heavy atom. The molecule has 0 unspecified atom stereocenters. The molecular weight excluding hydrogens is 618 g/mol. The van der Waals surface area contributed by atoms with Crippen LogP contribution in [0.5, 0.6) is 0 Å². The van der Waals surface area contributed by atoms with Gasteiger partial charge in [0, 0.05) is 21.1 Å². The minimum absolute atomic E-state index is 0. The summed E-state index contributed by atoms with van der Waals surface area (Å²) < 4.78 is 0. The Kier molecular flexibility index (Phi) is 20.2. The monoisotopic (exact) mass is 636 g/mol. The van der Waals surface area contributed by atoms with Crippen LogP contribution in [-0.4, -0.2) is 0 Å². The molecule has 1 aliphatic carbocycles. The summed E-state index contributed by atoms with van der Waals surface area (Å²) in [6.07, 6.45) is 13.5. The second-order valence-electron chi connectivity index (χ2n) is 3.63. The zero-order valence-corrected chi connectivity index (χ0v) is 16.1. The number of allylic oxidation sites excluding steroid dienone is 6. The standard InChI is InChI=1S/C7H8.2C6H5.2Pt/c1-2-4-6-7-5-3-1;2*1-2-4-6-5-3-1;;/h1-6H,7H2;2*1-5H;;/q;2*-1;;+2. The SMILES string of the molecule is C1=CC=CCC=C1.[Pt+2].[Pt].[c-]1ccccc1.[c-]1ccccc1. The number of hydrogen-bond acceptors (Lipinski definition) is 0. The van der Waals surface area contributed by atoms with Gasteiger partial charge in [-0.05, 0) is 6.42 Å². The summed E-state index contributed by atoms with van der Waals surface area (Å²) in [5.41, 5.74) is 0. The van der Waals surface area contributed by atoms with E-state index in [9.17, 15) is 0 Å². The predicted molar refractivity (Wildman–Crippen MR) is 82.6 cm³/mol. The van der Waals surface area contributed by atoms with Gasteiger partial charge in [0.25, 0.3) is 0 Å². The van der Waals surface area contributed by atoms with Crippen molar-refractivity contribution in [3.05, 3.63) is 109 Å². The number of rotatable bonds is 0. The second-order valence-corrected chi connectivity index (χ2v) is 3.63. The molecule has 0 aliphatic heterocycles. The van der Waals surface area contributed by atoms with E-state index in [1.807, 2.05) is 72.8 Å². The van der Waals surface area contributed by atoms with Gasteiger partial charge in [0.05, 0.1) is 0 Å². The first-order chi connectivity index (χ1) is 9.50. The van der Waals surface area contributed by atoms with Gasteiger partial charge >= 0.3 is 21.1 Å².